The standard InChI is InChI=1S/C15H16N4O2/c1-10-8-12(18-14(20)9-16)2-3-13(10)19-15(21)11-4-6-17-7-5-11/h2-8H,9,16H2,1H3,(H,18,20)(H,19,21). The van der Waals surface area contributed by atoms with Gasteiger partial charge in [-0.1, -0.05) is 0 Å². The monoisotopic (exact) mass is 284 g/mol. The highest BCUT2D eigenvalue weighted by atomic mass is 16.2. The number of amides is 2. The third kappa shape index (κ3) is 3.87. The van der Waals surface area contributed by atoms with Crippen LogP contribution in [0.3, 0.4) is 0 Å². The number of aryl methyl sites for hydroxylation is 1. The highest BCUT2D eigenvalue weighted by molar-refractivity contribution is 6.04. The Labute approximate surface area is 122 Å². The number of nitrogens with zero attached hydrogens (tertiary/aromatic N) is 1. The average molecular weight is 284 g/mol. The average Bonchev–Trinajstić information content (AvgIpc) is 2.50. The fraction of sp³-hybridized carbons (Fsp3) is 0.133. The van der Waals surface area contributed by atoms with Gasteiger partial charge in [0.05, 0.1) is 6.54 Å². The molecular weight excluding hydrogens is 268 g/mol. The van der Waals surface area contributed by atoms with Crippen LogP contribution in [0, 0.1) is 6.92 Å². The van der Waals surface area contributed by atoms with Crippen molar-refractivity contribution in [1.82, 2.24) is 4.98 Å². The molecule has 1 heterocycles. The maximum absolute atomic E-state index is 12.1. The molecule has 0 saturated heterocycles. The van der Waals surface area contributed by atoms with Crippen molar-refractivity contribution in [3.05, 3.63) is 53.9 Å². The van der Waals surface area contributed by atoms with Gasteiger partial charge in [-0.2, -0.15) is 0 Å². The van der Waals surface area contributed by atoms with Crippen molar-refractivity contribution in [2.75, 3.05) is 17.2 Å². The predicted octanol–water partition coefficient (Wildman–Crippen LogP) is 1.54. The van der Waals surface area contributed by atoms with E-state index >= 15 is 0 Å². The zero-order chi connectivity index (χ0) is 15.2. The Balaban J connectivity index is 2.11. The lowest BCUT2D eigenvalue weighted by atomic mass is 10.1. The summed E-state index contributed by atoms with van der Waals surface area (Å²) >= 11 is 0. The number of carbonyl (C=O) groups excluding carboxylic acids is 2. The second kappa shape index (κ2) is 6.62. The minimum atomic E-state index is -0.261. The Morgan fingerprint density at radius 3 is 2.48 bits per heavy atom. The number of anilines is 2. The highest BCUT2D eigenvalue weighted by Crippen LogP contribution is 2.20. The first-order valence-electron chi connectivity index (χ1n) is 6.42. The number of hydrogen-bond donors (Lipinski definition) is 3. The molecule has 0 aliphatic rings. The Morgan fingerprint density at radius 1 is 1.14 bits per heavy atom. The zero-order valence-corrected chi connectivity index (χ0v) is 11.6. The lowest BCUT2D eigenvalue weighted by molar-refractivity contribution is -0.114. The van der Waals surface area contributed by atoms with Crippen LogP contribution in [0.25, 0.3) is 0 Å². The maximum Gasteiger partial charge on any atom is 0.255 e. The lowest BCUT2D eigenvalue weighted by Gasteiger charge is -2.11. The lowest BCUT2D eigenvalue weighted by Crippen LogP contribution is -2.21. The second-order valence-corrected chi connectivity index (χ2v) is 4.47. The van der Waals surface area contributed by atoms with Crippen molar-refractivity contribution in [1.29, 1.82) is 0 Å². The van der Waals surface area contributed by atoms with Crippen LogP contribution in [0.2, 0.25) is 0 Å². The first-order chi connectivity index (χ1) is 10.1. The van der Waals surface area contributed by atoms with Gasteiger partial charge in [-0.25, -0.2) is 0 Å². The van der Waals surface area contributed by atoms with Gasteiger partial charge in [0.25, 0.3) is 5.91 Å². The summed E-state index contributed by atoms with van der Waals surface area (Å²) < 4.78 is 0. The van der Waals surface area contributed by atoms with Gasteiger partial charge in [-0.3, -0.25) is 14.6 Å². The predicted molar refractivity (Wildman–Crippen MR) is 81.1 cm³/mol. The number of nitrogens with two attached hydrogens (primary N) is 1. The zero-order valence-electron chi connectivity index (χ0n) is 11.6. The Kier molecular flexibility index (Phi) is 4.63. The van der Waals surface area contributed by atoms with Gasteiger partial charge in [0.15, 0.2) is 0 Å². The van der Waals surface area contributed by atoms with Crippen molar-refractivity contribution in [2.24, 2.45) is 5.73 Å². The van der Waals surface area contributed by atoms with E-state index < -0.39 is 0 Å². The van der Waals surface area contributed by atoms with Gasteiger partial charge in [0, 0.05) is 29.3 Å². The van der Waals surface area contributed by atoms with Crippen molar-refractivity contribution in [2.45, 2.75) is 6.92 Å². The molecule has 0 saturated carbocycles. The number of pyridine rings is 1. The molecule has 21 heavy (non-hydrogen) atoms. The molecule has 6 nitrogen and oxygen atoms in total. The number of rotatable bonds is 4. The molecule has 2 rings (SSSR count). The number of benzene rings is 1. The minimum Gasteiger partial charge on any atom is -0.325 e. The van der Waals surface area contributed by atoms with E-state index in [4.69, 9.17) is 5.73 Å². The van der Waals surface area contributed by atoms with Gasteiger partial charge in [0.2, 0.25) is 5.91 Å². The summed E-state index contributed by atoms with van der Waals surface area (Å²) in [4.78, 5) is 27.1. The second-order valence-electron chi connectivity index (χ2n) is 4.47. The summed E-state index contributed by atoms with van der Waals surface area (Å²) in [5.41, 5.74) is 7.94. The smallest absolute Gasteiger partial charge is 0.255 e. The van der Waals surface area contributed by atoms with Crippen molar-refractivity contribution in [3.63, 3.8) is 0 Å². The van der Waals surface area contributed by atoms with Gasteiger partial charge in [0.1, 0.15) is 0 Å². The summed E-state index contributed by atoms with van der Waals surface area (Å²) in [5, 5.41) is 5.48. The van der Waals surface area contributed by atoms with Gasteiger partial charge < -0.3 is 16.4 Å². The van der Waals surface area contributed by atoms with Crippen LogP contribution >= 0.6 is 0 Å². The van der Waals surface area contributed by atoms with E-state index in [-0.39, 0.29) is 18.4 Å². The van der Waals surface area contributed by atoms with Gasteiger partial charge >= 0.3 is 0 Å². The van der Waals surface area contributed by atoms with Crippen molar-refractivity contribution >= 4 is 23.2 Å². The number of carbonyl (C=O) groups is 2. The van der Waals surface area contributed by atoms with Crippen LogP contribution in [-0.4, -0.2) is 23.3 Å². The number of nitrogens with one attached hydrogen (secondary N) is 2. The first-order valence-corrected chi connectivity index (χ1v) is 6.42. The molecule has 2 amide bonds. The summed E-state index contributed by atoms with van der Waals surface area (Å²) in [6.45, 7) is 1.78. The molecule has 108 valence electrons. The quantitative estimate of drug-likeness (QED) is 0.793. The fourth-order valence-electron chi connectivity index (χ4n) is 1.79. The van der Waals surface area contributed by atoms with Crippen LogP contribution < -0.4 is 16.4 Å². The SMILES string of the molecule is Cc1cc(NC(=O)CN)ccc1NC(=O)c1ccncc1. The van der Waals surface area contributed by atoms with Crippen LogP contribution in [0.15, 0.2) is 42.7 Å². The fourth-order valence-corrected chi connectivity index (χ4v) is 1.79. The molecule has 0 spiro atoms. The molecule has 4 N–H and O–H groups in total. The van der Waals surface area contributed by atoms with Crippen molar-refractivity contribution < 1.29 is 9.59 Å². The van der Waals surface area contributed by atoms with Crippen LogP contribution in [0.4, 0.5) is 11.4 Å². The number of hydrogen-bond acceptors (Lipinski definition) is 4. The number of aromatic nitrogens is 1. The van der Waals surface area contributed by atoms with Gasteiger partial charge in [-0.15, -0.1) is 0 Å². The molecule has 0 unspecified atom stereocenters. The first kappa shape index (κ1) is 14.7. The Hall–Kier alpha value is -2.73. The van der Waals surface area contributed by atoms with E-state index in [1.54, 1.807) is 42.7 Å². The normalized spacial score (nSPS) is 10.0. The highest BCUT2D eigenvalue weighted by Gasteiger charge is 2.08. The molecule has 6 heteroatoms. The van der Waals surface area contributed by atoms with E-state index in [1.807, 2.05) is 6.92 Å². The largest absolute Gasteiger partial charge is 0.325 e. The molecule has 0 aliphatic carbocycles. The third-order valence-corrected chi connectivity index (χ3v) is 2.89. The van der Waals surface area contributed by atoms with Crippen LogP contribution in [0.1, 0.15) is 15.9 Å². The molecular formula is C15H16N4O2. The van der Waals surface area contributed by atoms with E-state index in [9.17, 15) is 9.59 Å². The molecule has 0 radical (unpaired) electrons. The van der Waals surface area contributed by atoms with E-state index in [0.717, 1.165) is 5.56 Å². The minimum absolute atomic E-state index is 0.0699. The molecule has 0 fully saturated rings. The summed E-state index contributed by atoms with van der Waals surface area (Å²) in [6.07, 6.45) is 3.13. The Bertz CT molecular complexity index is 656. The van der Waals surface area contributed by atoms with Crippen LogP contribution in [-0.2, 0) is 4.79 Å². The summed E-state index contributed by atoms with van der Waals surface area (Å²) in [6, 6.07) is 8.50. The summed E-state index contributed by atoms with van der Waals surface area (Å²) in [5.74, 6) is -0.470. The molecule has 0 bridgehead atoms. The maximum atomic E-state index is 12.1. The van der Waals surface area contributed by atoms with Crippen molar-refractivity contribution in [3.8, 4) is 0 Å². The van der Waals surface area contributed by atoms with E-state index in [2.05, 4.69) is 15.6 Å². The molecule has 1 aromatic heterocycles. The summed E-state index contributed by atoms with van der Waals surface area (Å²) in [7, 11) is 0. The topological polar surface area (TPSA) is 97.1 Å². The molecule has 0 aliphatic heterocycles. The molecule has 1 aromatic carbocycles. The third-order valence-electron chi connectivity index (χ3n) is 2.89. The van der Waals surface area contributed by atoms with E-state index in [1.165, 1.54) is 0 Å². The van der Waals surface area contributed by atoms with Crippen LogP contribution in [0.5, 0.6) is 0 Å². The molecule has 0 atom stereocenters. The van der Waals surface area contributed by atoms with E-state index in [0.29, 0.717) is 16.9 Å². The molecule has 2 aromatic rings. The Morgan fingerprint density at radius 2 is 1.86 bits per heavy atom. The van der Waals surface area contributed by atoms with Gasteiger partial charge in [-0.05, 0) is 42.8 Å².